The van der Waals surface area contributed by atoms with Gasteiger partial charge in [0, 0.05) is 12.2 Å². The molecule has 0 aromatic heterocycles. The third kappa shape index (κ3) is 4.38. The van der Waals surface area contributed by atoms with Crippen LogP contribution >= 0.6 is 0 Å². The van der Waals surface area contributed by atoms with Crippen molar-refractivity contribution in [2.45, 2.75) is 19.8 Å². The van der Waals surface area contributed by atoms with Crippen LogP contribution in [-0.2, 0) is 0 Å². The van der Waals surface area contributed by atoms with Crippen molar-refractivity contribution in [3.63, 3.8) is 0 Å². The number of nitrogens with one attached hydrogen (secondary N) is 2. The Morgan fingerprint density at radius 3 is 2.71 bits per heavy atom. The number of para-hydroxylation sites is 1. The molecule has 0 saturated heterocycles. The van der Waals surface area contributed by atoms with Crippen LogP contribution in [0.15, 0.2) is 24.3 Å². The lowest BCUT2D eigenvalue weighted by atomic mass is 10.1. The molecule has 0 spiro atoms. The van der Waals surface area contributed by atoms with Crippen LogP contribution in [0.25, 0.3) is 0 Å². The van der Waals surface area contributed by atoms with Gasteiger partial charge in [-0.15, -0.1) is 0 Å². The van der Waals surface area contributed by atoms with E-state index in [-0.39, 0.29) is 0 Å². The van der Waals surface area contributed by atoms with Crippen LogP contribution in [0.1, 0.15) is 23.7 Å². The van der Waals surface area contributed by atoms with E-state index in [0.717, 1.165) is 13.0 Å². The number of benzene rings is 1. The SMILES string of the molecule is CCCNc1ccccc1C(=O)NCC(F)F. The van der Waals surface area contributed by atoms with Gasteiger partial charge in [0.05, 0.1) is 12.1 Å². The number of alkyl halides is 2. The fourth-order valence-corrected chi connectivity index (χ4v) is 1.36. The first-order valence-electron chi connectivity index (χ1n) is 5.54. The van der Waals surface area contributed by atoms with Gasteiger partial charge in [-0.3, -0.25) is 4.79 Å². The van der Waals surface area contributed by atoms with Crippen molar-refractivity contribution >= 4 is 11.6 Å². The maximum absolute atomic E-state index is 12.0. The van der Waals surface area contributed by atoms with Gasteiger partial charge in [0.2, 0.25) is 0 Å². The first-order valence-corrected chi connectivity index (χ1v) is 5.54. The molecule has 0 atom stereocenters. The Morgan fingerprint density at radius 2 is 2.06 bits per heavy atom. The third-order valence-electron chi connectivity index (χ3n) is 2.15. The predicted octanol–water partition coefficient (Wildman–Crippen LogP) is 2.50. The Bertz CT molecular complexity index is 369. The van der Waals surface area contributed by atoms with Crippen LogP contribution in [0.5, 0.6) is 0 Å². The average molecular weight is 242 g/mol. The van der Waals surface area contributed by atoms with E-state index in [4.69, 9.17) is 0 Å². The summed E-state index contributed by atoms with van der Waals surface area (Å²) in [5.74, 6) is -0.482. The Labute approximate surface area is 99.2 Å². The summed E-state index contributed by atoms with van der Waals surface area (Å²) in [4.78, 5) is 11.6. The minimum atomic E-state index is -2.53. The molecule has 1 amide bonds. The van der Waals surface area contributed by atoms with E-state index < -0.39 is 18.9 Å². The van der Waals surface area contributed by atoms with E-state index >= 15 is 0 Å². The normalized spacial score (nSPS) is 10.4. The van der Waals surface area contributed by atoms with Crippen molar-refractivity contribution in [2.24, 2.45) is 0 Å². The van der Waals surface area contributed by atoms with Gasteiger partial charge in [-0.2, -0.15) is 0 Å². The van der Waals surface area contributed by atoms with E-state index in [1.54, 1.807) is 24.3 Å². The minimum absolute atomic E-state index is 0.390. The average Bonchev–Trinajstić information content (AvgIpc) is 2.33. The summed E-state index contributed by atoms with van der Waals surface area (Å²) in [5, 5.41) is 5.27. The zero-order valence-corrected chi connectivity index (χ0v) is 9.67. The van der Waals surface area contributed by atoms with Crippen molar-refractivity contribution in [3.05, 3.63) is 29.8 Å². The molecule has 0 unspecified atom stereocenters. The summed E-state index contributed by atoms with van der Waals surface area (Å²) in [6.07, 6.45) is -1.61. The van der Waals surface area contributed by atoms with Gasteiger partial charge in [0.1, 0.15) is 0 Å². The number of hydrogen-bond donors (Lipinski definition) is 2. The van der Waals surface area contributed by atoms with E-state index in [9.17, 15) is 13.6 Å². The topological polar surface area (TPSA) is 41.1 Å². The van der Waals surface area contributed by atoms with Crippen LogP contribution in [0.3, 0.4) is 0 Å². The molecule has 0 aliphatic heterocycles. The molecule has 0 bridgehead atoms. The maximum atomic E-state index is 12.0. The van der Waals surface area contributed by atoms with Crippen molar-refractivity contribution < 1.29 is 13.6 Å². The number of rotatable bonds is 6. The smallest absolute Gasteiger partial charge is 0.255 e. The lowest BCUT2D eigenvalue weighted by Crippen LogP contribution is -2.29. The quantitative estimate of drug-likeness (QED) is 0.804. The number of carbonyl (C=O) groups excluding carboxylic acids is 1. The Morgan fingerprint density at radius 1 is 1.35 bits per heavy atom. The lowest BCUT2D eigenvalue weighted by Gasteiger charge is -2.11. The fourth-order valence-electron chi connectivity index (χ4n) is 1.36. The summed E-state index contributed by atoms with van der Waals surface area (Å²) in [5.41, 5.74) is 1.06. The largest absolute Gasteiger partial charge is 0.384 e. The van der Waals surface area contributed by atoms with Crippen molar-refractivity contribution in [1.82, 2.24) is 5.32 Å². The molecule has 0 aliphatic rings. The summed E-state index contributed by atoms with van der Waals surface area (Å²) in [7, 11) is 0. The highest BCUT2D eigenvalue weighted by molar-refractivity contribution is 5.99. The van der Waals surface area contributed by atoms with Crippen molar-refractivity contribution in [3.8, 4) is 0 Å². The van der Waals surface area contributed by atoms with Gasteiger partial charge in [0.15, 0.2) is 0 Å². The molecule has 17 heavy (non-hydrogen) atoms. The Hall–Kier alpha value is -1.65. The van der Waals surface area contributed by atoms with Gasteiger partial charge in [-0.05, 0) is 18.6 Å². The fraction of sp³-hybridized carbons (Fsp3) is 0.417. The standard InChI is InChI=1S/C12H16F2N2O/c1-2-7-15-10-6-4-3-5-9(10)12(17)16-8-11(13)14/h3-6,11,15H,2,7-8H2,1H3,(H,16,17). The van der Waals surface area contributed by atoms with Crippen LogP contribution in [0, 0.1) is 0 Å². The first-order chi connectivity index (χ1) is 8.15. The molecule has 94 valence electrons. The van der Waals surface area contributed by atoms with E-state index in [2.05, 4.69) is 10.6 Å². The molecule has 0 heterocycles. The zero-order chi connectivity index (χ0) is 12.7. The van der Waals surface area contributed by atoms with Crippen molar-refractivity contribution in [1.29, 1.82) is 0 Å². The van der Waals surface area contributed by atoms with E-state index in [1.807, 2.05) is 6.92 Å². The van der Waals surface area contributed by atoms with Gasteiger partial charge in [-0.25, -0.2) is 8.78 Å². The summed E-state index contributed by atoms with van der Waals surface area (Å²) in [6, 6.07) is 6.86. The summed E-state index contributed by atoms with van der Waals surface area (Å²) >= 11 is 0. The number of halogens is 2. The Balaban J connectivity index is 2.70. The van der Waals surface area contributed by atoms with Crippen LogP contribution < -0.4 is 10.6 Å². The zero-order valence-electron chi connectivity index (χ0n) is 9.67. The first kappa shape index (κ1) is 13.4. The molecule has 1 aromatic rings. The number of hydrogen-bond acceptors (Lipinski definition) is 2. The second kappa shape index (κ2) is 6.83. The molecule has 5 heteroatoms. The predicted molar refractivity (Wildman–Crippen MR) is 63.6 cm³/mol. The molecule has 0 radical (unpaired) electrons. The van der Waals surface area contributed by atoms with Gasteiger partial charge in [0.25, 0.3) is 12.3 Å². The molecular formula is C12H16F2N2O. The number of amides is 1. The molecule has 0 aliphatic carbocycles. The van der Waals surface area contributed by atoms with E-state index in [0.29, 0.717) is 11.3 Å². The van der Waals surface area contributed by atoms with Crippen LogP contribution in [-0.4, -0.2) is 25.4 Å². The molecule has 3 nitrogen and oxygen atoms in total. The maximum Gasteiger partial charge on any atom is 0.255 e. The van der Waals surface area contributed by atoms with Gasteiger partial charge < -0.3 is 10.6 Å². The van der Waals surface area contributed by atoms with Crippen LogP contribution in [0.2, 0.25) is 0 Å². The summed E-state index contributed by atoms with van der Waals surface area (Å²) in [6.45, 7) is 2.12. The molecule has 1 aromatic carbocycles. The molecule has 0 saturated carbocycles. The van der Waals surface area contributed by atoms with Crippen LogP contribution in [0.4, 0.5) is 14.5 Å². The molecular weight excluding hydrogens is 226 g/mol. The second-order valence-corrected chi connectivity index (χ2v) is 3.57. The lowest BCUT2D eigenvalue weighted by molar-refractivity contribution is 0.0892. The van der Waals surface area contributed by atoms with Gasteiger partial charge >= 0.3 is 0 Å². The summed E-state index contributed by atoms with van der Waals surface area (Å²) < 4.78 is 24.0. The number of carbonyl (C=O) groups is 1. The second-order valence-electron chi connectivity index (χ2n) is 3.57. The molecule has 1 rings (SSSR count). The van der Waals surface area contributed by atoms with Gasteiger partial charge in [-0.1, -0.05) is 19.1 Å². The minimum Gasteiger partial charge on any atom is -0.384 e. The highest BCUT2D eigenvalue weighted by atomic mass is 19.3. The van der Waals surface area contributed by atoms with Crippen molar-refractivity contribution in [2.75, 3.05) is 18.4 Å². The highest BCUT2D eigenvalue weighted by Gasteiger charge is 2.12. The monoisotopic (exact) mass is 242 g/mol. The highest BCUT2D eigenvalue weighted by Crippen LogP contribution is 2.14. The third-order valence-corrected chi connectivity index (χ3v) is 2.15. The Kier molecular flexibility index (Phi) is 5.39. The molecule has 2 N–H and O–H groups in total. The van der Waals surface area contributed by atoms with E-state index in [1.165, 1.54) is 0 Å². The molecule has 0 fully saturated rings. The number of anilines is 1.